The van der Waals surface area contributed by atoms with Crippen LogP contribution in [0.3, 0.4) is 0 Å². The summed E-state index contributed by atoms with van der Waals surface area (Å²) in [5.74, 6) is 0. The maximum Gasteiger partial charge on any atom is 0.0771 e. The molecule has 1 aromatic rings. The van der Waals surface area contributed by atoms with Crippen molar-refractivity contribution in [2.24, 2.45) is 0 Å². The van der Waals surface area contributed by atoms with E-state index in [-0.39, 0.29) is 0 Å². The fourth-order valence-corrected chi connectivity index (χ4v) is 3.07. The van der Waals surface area contributed by atoms with Crippen molar-refractivity contribution in [3.05, 3.63) is 24.0 Å². The lowest BCUT2D eigenvalue weighted by molar-refractivity contribution is 0.213. The lowest BCUT2D eigenvalue weighted by atomic mass is 10.2. The van der Waals surface area contributed by atoms with E-state index >= 15 is 0 Å². The standard InChI is InChI=1S/C13H20N4/c1-4-12(15-14-6-1)10-16-7-3-9-17-8-2-5-13(17)11-16/h1,4,6,13H,2-3,5,7-11H2. The lowest BCUT2D eigenvalue weighted by Crippen LogP contribution is -2.36. The van der Waals surface area contributed by atoms with Crippen LogP contribution in [0.4, 0.5) is 0 Å². The molecular weight excluding hydrogens is 212 g/mol. The van der Waals surface area contributed by atoms with Crippen molar-refractivity contribution in [3.63, 3.8) is 0 Å². The molecule has 0 aliphatic carbocycles. The van der Waals surface area contributed by atoms with E-state index in [1.54, 1.807) is 6.20 Å². The highest BCUT2D eigenvalue weighted by Gasteiger charge is 2.28. The molecular formula is C13H20N4. The molecule has 2 aliphatic heterocycles. The van der Waals surface area contributed by atoms with Crippen LogP contribution in [0.25, 0.3) is 0 Å². The average Bonchev–Trinajstić information content (AvgIpc) is 2.70. The van der Waals surface area contributed by atoms with Crippen LogP contribution in [-0.2, 0) is 6.54 Å². The highest BCUT2D eigenvalue weighted by Crippen LogP contribution is 2.21. The van der Waals surface area contributed by atoms with Crippen molar-refractivity contribution in [1.82, 2.24) is 20.0 Å². The van der Waals surface area contributed by atoms with Crippen molar-refractivity contribution in [2.75, 3.05) is 26.2 Å². The van der Waals surface area contributed by atoms with E-state index in [1.807, 2.05) is 6.07 Å². The summed E-state index contributed by atoms with van der Waals surface area (Å²) in [6.07, 6.45) is 5.78. The molecule has 1 atom stereocenters. The first kappa shape index (κ1) is 11.1. The second-order valence-corrected chi connectivity index (χ2v) is 5.14. The van der Waals surface area contributed by atoms with Gasteiger partial charge in [0.2, 0.25) is 0 Å². The molecule has 4 nitrogen and oxygen atoms in total. The summed E-state index contributed by atoms with van der Waals surface area (Å²) >= 11 is 0. The summed E-state index contributed by atoms with van der Waals surface area (Å²) < 4.78 is 0. The number of rotatable bonds is 2. The van der Waals surface area contributed by atoms with E-state index in [0.29, 0.717) is 0 Å². The molecule has 0 amide bonds. The van der Waals surface area contributed by atoms with Gasteiger partial charge < -0.3 is 0 Å². The molecule has 92 valence electrons. The van der Waals surface area contributed by atoms with Gasteiger partial charge in [-0.1, -0.05) is 0 Å². The van der Waals surface area contributed by atoms with E-state index in [4.69, 9.17) is 0 Å². The first-order valence-corrected chi connectivity index (χ1v) is 6.65. The zero-order valence-corrected chi connectivity index (χ0v) is 10.3. The van der Waals surface area contributed by atoms with Gasteiger partial charge in [0.1, 0.15) is 0 Å². The van der Waals surface area contributed by atoms with E-state index in [9.17, 15) is 0 Å². The smallest absolute Gasteiger partial charge is 0.0771 e. The van der Waals surface area contributed by atoms with Gasteiger partial charge in [-0.2, -0.15) is 10.2 Å². The number of fused-ring (bicyclic) bond motifs is 1. The van der Waals surface area contributed by atoms with Crippen molar-refractivity contribution >= 4 is 0 Å². The molecule has 0 N–H and O–H groups in total. The molecule has 1 unspecified atom stereocenters. The third kappa shape index (κ3) is 2.64. The minimum absolute atomic E-state index is 0.786. The fourth-order valence-electron chi connectivity index (χ4n) is 3.07. The van der Waals surface area contributed by atoms with Crippen molar-refractivity contribution in [3.8, 4) is 0 Å². The Morgan fingerprint density at radius 3 is 3.06 bits per heavy atom. The highest BCUT2D eigenvalue weighted by atomic mass is 15.3. The Bertz CT molecular complexity index is 354. The Morgan fingerprint density at radius 1 is 1.24 bits per heavy atom. The number of hydrogen-bond acceptors (Lipinski definition) is 4. The molecule has 0 saturated carbocycles. The predicted octanol–water partition coefficient (Wildman–Crippen LogP) is 1.15. The second-order valence-electron chi connectivity index (χ2n) is 5.14. The normalized spacial score (nSPS) is 26.7. The van der Waals surface area contributed by atoms with Crippen LogP contribution in [0.2, 0.25) is 0 Å². The van der Waals surface area contributed by atoms with Crippen molar-refractivity contribution < 1.29 is 0 Å². The summed E-state index contributed by atoms with van der Waals surface area (Å²) in [6, 6.07) is 4.83. The summed E-state index contributed by atoms with van der Waals surface area (Å²) in [5.41, 5.74) is 1.10. The van der Waals surface area contributed by atoms with Gasteiger partial charge in [-0.3, -0.25) is 9.80 Å². The first-order valence-electron chi connectivity index (χ1n) is 6.65. The summed E-state index contributed by atoms with van der Waals surface area (Å²) in [7, 11) is 0. The summed E-state index contributed by atoms with van der Waals surface area (Å²) in [4.78, 5) is 5.21. The first-order chi connectivity index (χ1) is 8.42. The van der Waals surface area contributed by atoms with Crippen molar-refractivity contribution in [1.29, 1.82) is 0 Å². The molecule has 17 heavy (non-hydrogen) atoms. The second kappa shape index (κ2) is 5.10. The van der Waals surface area contributed by atoms with Gasteiger partial charge in [-0.05, 0) is 51.0 Å². The van der Waals surface area contributed by atoms with Crippen LogP contribution >= 0.6 is 0 Å². The van der Waals surface area contributed by atoms with Crippen LogP contribution in [0, 0.1) is 0 Å². The molecule has 1 aromatic heterocycles. The van der Waals surface area contributed by atoms with Gasteiger partial charge in [0.15, 0.2) is 0 Å². The number of hydrogen-bond donors (Lipinski definition) is 0. The topological polar surface area (TPSA) is 32.3 Å². The summed E-state index contributed by atoms with van der Waals surface area (Å²) in [5, 5.41) is 8.14. The minimum Gasteiger partial charge on any atom is -0.299 e. The Balaban J connectivity index is 1.63. The molecule has 0 spiro atoms. The van der Waals surface area contributed by atoms with Crippen LogP contribution in [0.1, 0.15) is 25.0 Å². The van der Waals surface area contributed by atoms with Crippen LogP contribution in [0.15, 0.2) is 18.3 Å². The van der Waals surface area contributed by atoms with Crippen LogP contribution in [0.5, 0.6) is 0 Å². The molecule has 0 radical (unpaired) electrons. The Morgan fingerprint density at radius 2 is 2.18 bits per heavy atom. The Kier molecular flexibility index (Phi) is 3.34. The predicted molar refractivity (Wildman–Crippen MR) is 66.5 cm³/mol. The van der Waals surface area contributed by atoms with Gasteiger partial charge in [-0.15, -0.1) is 0 Å². The SMILES string of the molecule is c1cnnc(CN2CCCN3CCCC3C2)c1. The third-order valence-corrected chi connectivity index (χ3v) is 3.90. The number of nitrogens with zero attached hydrogens (tertiary/aromatic N) is 4. The van der Waals surface area contributed by atoms with Gasteiger partial charge >= 0.3 is 0 Å². The lowest BCUT2D eigenvalue weighted by Gasteiger charge is -2.25. The van der Waals surface area contributed by atoms with E-state index in [1.165, 1.54) is 45.4 Å². The van der Waals surface area contributed by atoms with E-state index in [0.717, 1.165) is 18.3 Å². The molecule has 0 bridgehead atoms. The molecule has 0 aromatic carbocycles. The van der Waals surface area contributed by atoms with E-state index in [2.05, 4.69) is 26.1 Å². The molecule has 2 saturated heterocycles. The Labute approximate surface area is 103 Å². The zero-order chi connectivity index (χ0) is 11.5. The van der Waals surface area contributed by atoms with Crippen LogP contribution in [-0.4, -0.2) is 52.2 Å². The molecule has 4 heteroatoms. The van der Waals surface area contributed by atoms with E-state index < -0.39 is 0 Å². The summed E-state index contributed by atoms with van der Waals surface area (Å²) in [6.45, 7) is 5.95. The highest BCUT2D eigenvalue weighted by molar-refractivity contribution is 4.99. The van der Waals surface area contributed by atoms with Gasteiger partial charge in [0.05, 0.1) is 5.69 Å². The zero-order valence-electron chi connectivity index (χ0n) is 10.3. The van der Waals surface area contributed by atoms with Gasteiger partial charge in [0, 0.05) is 25.3 Å². The Hall–Kier alpha value is -1.00. The number of aromatic nitrogens is 2. The molecule has 2 fully saturated rings. The maximum atomic E-state index is 4.18. The maximum absolute atomic E-state index is 4.18. The fraction of sp³-hybridized carbons (Fsp3) is 0.692. The minimum atomic E-state index is 0.786. The molecule has 3 rings (SSSR count). The largest absolute Gasteiger partial charge is 0.299 e. The monoisotopic (exact) mass is 232 g/mol. The van der Waals surface area contributed by atoms with Gasteiger partial charge in [0.25, 0.3) is 0 Å². The molecule has 3 heterocycles. The van der Waals surface area contributed by atoms with Gasteiger partial charge in [-0.25, -0.2) is 0 Å². The van der Waals surface area contributed by atoms with Crippen molar-refractivity contribution in [2.45, 2.75) is 31.8 Å². The average molecular weight is 232 g/mol. The molecule has 2 aliphatic rings. The third-order valence-electron chi connectivity index (χ3n) is 3.90. The van der Waals surface area contributed by atoms with Crippen LogP contribution < -0.4 is 0 Å². The quantitative estimate of drug-likeness (QED) is 0.765.